The normalized spacial score (nSPS) is 10.1. The summed E-state index contributed by atoms with van der Waals surface area (Å²) in [6, 6.07) is 8.06. The number of carbonyl (C=O) groups excluding carboxylic acids is 3. The number of nitrogens with one attached hydrogen (secondary N) is 2. The third-order valence-corrected chi connectivity index (χ3v) is 3.11. The summed E-state index contributed by atoms with van der Waals surface area (Å²) in [7, 11) is 0. The topological polar surface area (TPSA) is 97.6 Å². The number of rotatable bonds is 6. The quantitative estimate of drug-likeness (QED) is 0.726. The van der Waals surface area contributed by atoms with Crippen molar-refractivity contribution in [2.75, 3.05) is 18.5 Å². The third-order valence-electron chi connectivity index (χ3n) is 2.68. The van der Waals surface area contributed by atoms with E-state index in [0.717, 1.165) is 0 Å². The molecule has 7 nitrogen and oxygen atoms in total. The lowest BCUT2D eigenvalue weighted by Crippen LogP contribution is -2.35. The molecular formula is C15H12BrFN2O5. The predicted molar refractivity (Wildman–Crippen MR) is 84.7 cm³/mol. The van der Waals surface area contributed by atoms with Crippen molar-refractivity contribution in [2.24, 2.45) is 0 Å². The van der Waals surface area contributed by atoms with Crippen molar-refractivity contribution in [2.45, 2.75) is 0 Å². The number of esters is 1. The number of halogens is 2. The molecule has 0 radical (unpaired) electrons. The largest absolute Gasteiger partial charge is 0.450 e. The van der Waals surface area contributed by atoms with Crippen LogP contribution in [0.3, 0.4) is 0 Å². The number of carbonyl (C=O) groups is 3. The van der Waals surface area contributed by atoms with Gasteiger partial charge in [-0.05, 0) is 52.3 Å². The van der Waals surface area contributed by atoms with Gasteiger partial charge in [0.05, 0.1) is 6.54 Å². The molecule has 0 aliphatic rings. The Kier molecular flexibility index (Phi) is 6.07. The molecule has 0 bridgehead atoms. The first-order chi connectivity index (χ1) is 11.4. The third kappa shape index (κ3) is 5.51. The van der Waals surface area contributed by atoms with Crippen LogP contribution in [0.15, 0.2) is 45.5 Å². The highest BCUT2D eigenvalue weighted by Crippen LogP contribution is 2.14. The van der Waals surface area contributed by atoms with Crippen LogP contribution in [0.1, 0.15) is 10.6 Å². The molecule has 0 unspecified atom stereocenters. The fourth-order valence-corrected chi connectivity index (χ4v) is 1.90. The lowest BCUT2D eigenvalue weighted by Gasteiger charge is -2.07. The van der Waals surface area contributed by atoms with E-state index in [9.17, 15) is 18.8 Å². The zero-order valence-corrected chi connectivity index (χ0v) is 13.8. The lowest BCUT2D eigenvalue weighted by molar-refractivity contribution is -0.126. The van der Waals surface area contributed by atoms with Gasteiger partial charge >= 0.3 is 5.97 Å². The standard InChI is InChI=1S/C15H12BrFN2O5/c16-12-6-5-11(24-12)15(22)23-8-14(21)18-7-13(20)19-10-3-1-9(17)2-4-10/h1-6H,7-8H2,(H,18,21)(H,19,20). The highest BCUT2D eigenvalue weighted by atomic mass is 79.9. The monoisotopic (exact) mass is 398 g/mol. The summed E-state index contributed by atoms with van der Waals surface area (Å²) >= 11 is 3.03. The van der Waals surface area contributed by atoms with Crippen LogP contribution in [-0.4, -0.2) is 30.9 Å². The number of hydrogen-bond donors (Lipinski definition) is 2. The SMILES string of the molecule is O=C(COC(=O)c1ccc(Br)o1)NCC(=O)Nc1ccc(F)cc1. The Morgan fingerprint density at radius 1 is 1.08 bits per heavy atom. The van der Waals surface area contributed by atoms with Gasteiger partial charge in [0.1, 0.15) is 5.82 Å². The first-order valence-corrected chi connectivity index (χ1v) is 7.48. The van der Waals surface area contributed by atoms with Crippen LogP contribution in [0.2, 0.25) is 0 Å². The average Bonchev–Trinajstić information content (AvgIpc) is 2.99. The molecule has 2 N–H and O–H groups in total. The molecule has 0 aliphatic carbocycles. The Bertz CT molecular complexity index is 745. The Hall–Kier alpha value is -2.68. The number of ether oxygens (including phenoxy) is 1. The number of amides is 2. The second-order valence-corrected chi connectivity index (χ2v) is 5.29. The molecule has 9 heteroatoms. The molecule has 0 spiro atoms. The Balaban J connectivity index is 1.69. The van der Waals surface area contributed by atoms with Crippen molar-refractivity contribution in [3.8, 4) is 0 Å². The highest BCUT2D eigenvalue weighted by Gasteiger charge is 2.14. The van der Waals surface area contributed by atoms with E-state index in [4.69, 9.17) is 9.15 Å². The Morgan fingerprint density at radius 3 is 2.42 bits per heavy atom. The first-order valence-electron chi connectivity index (χ1n) is 6.68. The van der Waals surface area contributed by atoms with Crippen LogP contribution in [0.4, 0.5) is 10.1 Å². The van der Waals surface area contributed by atoms with Gasteiger partial charge in [-0.15, -0.1) is 0 Å². The van der Waals surface area contributed by atoms with E-state index >= 15 is 0 Å². The fourth-order valence-electron chi connectivity index (χ4n) is 1.59. The van der Waals surface area contributed by atoms with Crippen LogP contribution >= 0.6 is 15.9 Å². The molecule has 24 heavy (non-hydrogen) atoms. The molecule has 2 rings (SSSR count). The summed E-state index contributed by atoms with van der Waals surface area (Å²) in [5, 5.41) is 4.75. The van der Waals surface area contributed by atoms with Gasteiger partial charge in [0.25, 0.3) is 5.91 Å². The van der Waals surface area contributed by atoms with E-state index in [1.807, 2.05) is 0 Å². The van der Waals surface area contributed by atoms with Crippen LogP contribution in [0, 0.1) is 5.82 Å². The maximum absolute atomic E-state index is 12.7. The van der Waals surface area contributed by atoms with Crippen LogP contribution in [0.25, 0.3) is 0 Å². The molecular weight excluding hydrogens is 387 g/mol. The molecule has 1 heterocycles. The minimum Gasteiger partial charge on any atom is -0.450 e. The molecule has 2 aromatic rings. The molecule has 126 valence electrons. The minimum atomic E-state index is -0.799. The number of furan rings is 1. The van der Waals surface area contributed by atoms with E-state index < -0.39 is 30.2 Å². The molecule has 0 fully saturated rings. The van der Waals surface area contributed by atoms with E-state index in [1.54, 1.807) is 0 Å². The van der Waals surface area contributed by atoms with Gasteiger partial charge in [-0.3, -0.25) is 9.59 Å². The zero-order chi connectivity index (χ0) is 17.5. The summed E-state index contributed by atoms with van der Waals surface area (Å²) in [5.41, 5.74) is 0.394. The Morgan fingerprint density at radius 2 is 1.79 bits per heavy atom. The molecule has 1 aromatic carbocycles. The number of anilines is 1. The van der Waals surface area contributed by atoms with Crippen molar-refractivity contribution in [1.82, 2.24) is 5.32 Å². The molecule has 2 amide bonds. The van der Waals surface area contributed by atoms with Crippen molar-refractivity contribution in [1.29, 1.82) is 0 Å². The predicted octanol–water partition coefficient (Wildman–Crippen LogP) is 2.09. The van der Waals surface area contributed by atoms with E-state index in [-0.39, 0.29) is 12.3 Å². The molecule has 0 aliphatic heterocycles. The minimum absolute atomic E-state index is 0.0521. The van der Waals surface area contributed by atoms with Crippen molar-refractivity contribution in [3.05, 3.63) is 52.6 Å². The summed E-state index contributed by atoms with van der Waals surface area (Å²) in [6.07, 6.45) is 0. The second-order valence-electron chi connectivity index (χ2n) is 4.51. The van der Waals surface area contributed by atoms with E-state index in [1.165, 1.54) is 36.4 Å². The van der Waals surface area contributed by atoms with Gasteiger partial charge in [-0.2, -0.15) is 0 Å². The molecule has 0 saturated heterocycles. The van der Waals surface area contributed by atoms with Crippen LogP contribution in [0.5, 0.6) is 0 Å². The number of hydrogen-bond acceptors (Lipinski definition) is 5. The molecule has 1 aromatic heterocycles. The molecule has 0 saturated carbocycles. The van der Waals surface area contributed by atoms with Gasteiger partial charge in [-0.1, -0.05) is 0 Å². The average molecular weight is 399 g/mol. The maximum Gasteiger partial charge on any atom is 0.374 e. The van der Waals surface area contributed by atoms with E-state index in [2.05, 4.69) is 26.6 Å². The zero-order valence-electron chi connectivity index (χ0n) is 12.2. The second kappa shape index (κ2) is 8.25. The maximum atomic E-state index is 12.7. The van der Waals surface area contributed by atoms with Gasteiger partial charge < -0.3 is 19.8 Å². The van der Waals surface area contributed by atoms with Crippen molar-refractivity contribution >= 4 is 39.4 Å². The summed E-state index contributed by atoms with van der Waals surface area (Å²) in [6.45, 7) is -0.874. The summed E-state index contributed by atoms with van der Waals surface area (Å²) in [4.78, 5) is 34.7. The fraction of sp³-hybridized carbons (Fsp3) is 0.133. The number of benzene rings is 1. The molecule has 0 atom stereocenters. The smallest absolute Gasteiger partial charge is 0.374 e. The van der Waals surface area contributed by atoms with Gasteiger partial charge in [-0.25, -0.2) is 9.18 Å². The Labute approximate surface area is 144 Å². The highest BCUT2D eigenvalue weighted by molar-refractivity contribution is 9.10. The summed E-state index contributed by atoms with van der Waals surface area (Å²) < 4.78 is 22.8. The lowest BCUT2D eigenvalue weighted by atomic mass is 10.3. The van der Waals surface area contributed by atoms with Gasteiger partial charge in [0.2, 0.25) is 11.7 Å². The van der Waals surface area contributed by atoms with Crippen molar-refractivity contribution in [3.63, 3.8) is 0 Å². The van der Waals surface area contributed by atoms with E-state index in [0.29, 0.717) is 10.4 Å². The van der Waals surface area contributed by atoms with Crippen molar-refractivity contribution < 1.29 is 27.9 Å². The summed E-state index contributed by atoms with van der Waals surface area (Å²) in [5.74, 6) is -2.43. The van der Waals surface area contributed by atoms with Crippen LogP contribution in [-0.2, 0) is 14.3 Å². The van der Waals surface area contributed by atoms with Crippen LogP contribution < -0.4 is 10.6 Å². The van der Waals surface area contributed by atoms with Gasteiger partial charge in [0.15, 0.2) is 11.3 Å². The first kappa shape index (κ1) is 17.7. The van der Waals surface area contributed by atoms with Gasteiger partial charge in [0, 0.05) is 5.69 Å².